The van der Waals surface area contributed by atoms with E-state index in [2.05, 4.69) is 23.5 Å². The lowest BCUT2D eigenvalue weighted by Gasteiger charge is -2.20. The van der Waals surface area contributed by atoms with Gasteiger partial charge in [0.2, 0.25) is 10.0 Å². The number of sulfonamides is 1. The minimum Gasteiger partial charge on any atom is -0.495 e. The van der Waals surface area contributed by atoms with E-state index in [9.17, 15) is 13.2 Å². The molecule has 0 fully saturated rings. The van der Waals surface area contributed by atoms with Crippen LogP contribution in [0.4, 0.5) is 0 Å². The third-order valence-corrected chi connectivity index (χ3v) is 5.67. The van der Waals surface area contributed by atoms with Gasteiger partial charge in [-0.05, 0) is 57.6 Å². The molecule has 1 rings (SSSR count). The standard InChI is InChI=1S/C17H28N2O5S.ClH/c1-5-19(6-2)11-7-8-13(3)18-25(22,23)16-12-14(17(20)21)9-10-15(16)24-4;/h9-10,12-13,18H,5-8,11H2,1-4H3,(H,20,21);1H. The van der Waals surface area contributed by atoms with Gasteiger partial charge in [-0.15, -0.1) is 12.4 Å². The lowest BCUT2D eigenvalue weighted by atomic mass is 10.2. The highest BCUT2D eigenvalue weighted by molar-refractivity contribution is 7.89. The van der Waals surface area contributed by atoms with Crippen LogP contribution in [0.25, 0.3) is 0 Å². The van der Waals surface area contributed by atoms with Crippen molar-refractivity contribution in [1.29, 1.82) is 0 Å². The van der Waals surface area contributed by atoms with Gasteiger partial charge in [0.15, 0.2) is 0 Å². The molecule has 0 spiro atoms. The summed E-state index contributed by atoms with van der Waals surface area (Å²) in [5.41, 5.74) is -0.102. The smallest absolute Gasteiger partial charge is 0.335 e. The summed E-state index contributed by atoms with van der Waals surface area (Å²) in [5, 5.41) is 9.07. The van der Waals surface area contributed by atoms with Crippen molar-refractivity contribution in [3.8, 4) is 5.75 Å². The van der Waals surface area contributed by atoms with Gasteiger partial charge in [-0.2, -0.15) is 0 Å². The van der Waals surface area contributed by atoms with Gasteiger partial charge in [0, 0.05) is 6.04 Å². The summed E-state index contributed by atoms with van der Waals surface area (Å²) in [5.74, 6) is -1.07. The number of carbonyl (C=O) groups is 1. The lowest BCUT2D eigenvalue weighted by Crippen LogP contribution is -2.34. The maximum absolute atomic E-state index is 12.6. The molecular formula is C17H29ClN2O5S. The summed E-state index contributed by atoms with van der Waals surface area (Å²) in [4.78, 5) is 13.2. The first kappa shape index (κ1) is 24.7. The van der Waals surface area contributed by atoms with Crippen LogP contribution in [0.3, 0.4) is 0 Å². The third kappa shape index (κ3) is 7.11. The largest absolute Gasteiger partial charge is 0.495 e. The SMILES string of the molecule is CCN(CC)CCCC(C)NS(=O)(=O)c1cc(C(=O)O)ccc1OC.Cl. The summed E-state index contributed by atoms with van der Waals surface area (Å²) in [6, 6.07) is 3.52. The van der Waals surface area contributed by atoms with Gasteiger partial charge in [0.1, 0.15) is 10.6 Å². The van der Waals surface area contributed by atoms with Crippen molar-refractivity contribution in [2.75, 3.05) is 26.7 Å². The number of nitrogens with one attached hydrogen (secondary N) is 1. The molecule has 0 bridgehead atoms. The highest BCUT2D eigenvalue weighted by Gasteiger charge is 2.23. The van der Waals surface area contributed by atoms with Crippen LogP contribution in [0.5, 0.6) is 5.75 Å². The highest BCUT2D eigenvalue weighted by Crippen LogP contribution is 2.25. The first-order valence-corrected chi connectivity index (χ1v) is 9.89. The summed E-state index contributed by atoms with van der Waals surface area (Å²) in [7, 11) is -2.52. The topological polar surface area (TPSA) is 95.9 Å². The predicted molar refractivity (Wildman–Crippen MR) is 104 cm³/mol. The van der Waals surface area contributed by atoms with E-state index in [0.29, 0.717) is 6.42 Å². The molecule has 7 nitrogen and oxygen atoms in total. The van der Waals surface area contributed by atoms with E-state index in [1.165, 1.54) is 19.2 Å². The lowest BCUT2D eigenvalue weighted by molar-refractivity contribution is 0.0696. The van der Waals surface area contributed by atoms with Crippen molar-refractivity contribution < 1.29 is 23.1 Å². The molecule has 1 atom stereocenters. The summed E-state index contributed by atoms with van der Waals surface area (Å²) < 4.78 is 32.9. The molecule has 26 heavy (non-hydrogen) atoms. The predicted octanol–water partition coefficient (Wildman–Crippen LogP) is 2.60. The first-order chi connectivity index (χ1) is 11.7. The van der Waals surface area contributed by atoms with E-state index in [1.54, 1.807) is 6.92 Å². The highest BCUT2D eigenvalue weighted by atomic mass is 35.5. The summed E-state index contributed by atoms with van der Waals surface area (Å²) >= 11 is 0. The van der Waals surface area contributed by atoms with E-state index in [0.717, 1.165) is 32.1 Å². The molecule has 0 aliphatic rings. The zero-order chi connectivity index (χ0) is 19.0. The second-order valence-corrected chi connectivity index (χ2v) is 7.54. The van der Waals surface area contributed by atoms with Gasteiger partial charge >= 0.3 is 5.97 Å². The van der Waals surface area contributed by atoms with Crippen molar-refractivity contribution in [2.45, 2.75) is 44.6 Å². The number of methoxy groups -OCH3 is 1. The molecule has 2 N–H and O–H groups in total. The van der Waals surface area contributed by atoms with Crippen molar-refractivity contribution in [2.24, 2.45) is 0 Å². The molecule has 1 aromatic carbocycles. The molecule has 0 aliphatic heterocycles. The molecule has 150 valence electrons. The van der Waals surface area contributed by atoms with Crippen LogP contribution in [0.15, 0.2) is 23.1 Å². The van der Waals surface area contributed by atoms with E-state index in [-0.39, 0.29) is 34.7 Å². The number of rotatable bonds is 11. The first-order valence-electron chi connectivity index (χ1n) is 8.41. The number of hydrogen-bond donors (Lipinski definition) is 2. The number of carboxylic acid groups (broad SMARTS) is 1. The van der Waals surface area contributed by atoms with Gasteiger partial charge in [-0.25, -0.2) is 17.9 Å². The maximum atomic E-state index is 12.6. The van der Waals surface area contributed by atoms with Crippen LogP contribution in [-0.4, -0.2) is 57.2 Å². The molecule has 0 aliphatic carbocycles. The Labute approximate surface area is 162 Å². The Bertz CT molecular complexity index is 678. The van der Waals surface area contributed by atoms with Crippen molar-refractivity contribution in [1.82, 2.24) is 9.62 Å². The Morgan fingerprint density at radius 1 is 1.31 bits per heavy atom. The van der Waals surface area contributed by atoms with E-state index in [1.807, 2.05) is 0 Å². The second kappa shape index (κ2) is 11.4. The van der Waals surface area contributed by atoms with E-state index >= 15 is 0 Å². The molecule has 1 aromatic rings. The summed E-state index contributed by atoms with van der Waals surface area (Å²) in [6.45, 7) is 8.84. The Morgan fingerprint density at radius 2 is 1.92 bits per heavy atom. The van der Waals surface area contributed by atoms with Gasteiger partial charge in [-0.1, -0.05) is 13.8 Å². The number of hydrogen-bond acceptors (Lipinski definition) is 5. The average molecular weight is 409 g/mol. The molecule has 0 radical (unpaired) electrons. The average Bonchev–Trinajstić information content (AvgIpc) is 2.57. The van der Waals surface area contributed by atoms with Crippen molar-refractivity contribution >= 4 is 28.4 Å². The zero-order valence-corrected chi connectivity index (χ0v) is 17.3. The number of aromatic carboxylic acids is 1. The minimum absolute atomic E-state index is 0. The molecule has 0 amide bonds. The fourth-order valence-electron chi connectivity index (χ4n) is 2.57. The number of benzene rings is 1. The zero-order valence-electron chi connectivity index (χ0n) is 15.7. The molecule has 0 saturated carbocycles. The van der Waals surface area contributed by atoms with E-state index in [4.69, 9.17) is 9.84 Å². The van der Waals surface area contributed by atoms with Gasteiger partial charge in [0.05, 0.1) is 12.7 Å². The second-order valence-electron chi connectivity index (χ2n) is 5.86. The van der Waals surface area contributed by atoms with Crippen LogP contribution in [-0.2, 0) is 10.0 Å². The fraction of sp³-hybridized carbons (Fsp3) is 0.588. The number of ether oxygens (including phenoxy) is 1. The van der Waals surface area contributed by atoms with Gasteiger partial charge in [-0.3, -0.25) is 0 Å². The normalized spacial score (nSPS) is 12.5. The van der Waals surface area contributed by atoms with Crippen LogP contribution in [0.1, 0.15) is 44.0 Å². The van der Waals surface area contributed by atoms with Crippen molar-refractivity contribution in [3.63, 3.8) is 0 Å². The molecule has 0 aromatic heterocycles. The fourth-order valence-corrected chi connectivity index (χ4v) is 4.04. The Hall–Kier alpha value is -1.35. The third-order valence-electron chi connectivity index (χ3n) is 4.06. The Balaban J connectivity index is 0.00000625. The monoisotopic (exact) mass is 408 g/mol. The van der Waals surface area contributed by atoms with Crippen LogP contribution in [0.2, 0.25) is 0 Å². The summed E-state index contributed by atoms with van der Waals surface area (Å²) in [6.07, 6.45) is 1.56. The van der Waals surface area contributed by atoms with Crippen LogP contribution < -0.4 is 9.46 Å². The molecule has 1 unspecified atom stereocenters. The molecule has 9 heteroatoms. The van der Waals surface area contributed by atoms with Gasteiger partial charge < -0.3 is 14.7 Å². The van der Waals surface area contributed by atoms with Gasteiger partial charge in [0.25, 0.3) is 0 Å². The minimum atomic E-state index is -3.87. The van der Waals surface area contributed by atoms with E-state index < -0.39 is 16.0 Å². The van der Waals surface area contributed by atoms with Crippen molar-refractivity contribution in [3.05, 3.63) is 23.8 Å². The quantitative estimate of drug-likeness (QED) is 0.584. The Kier molecular flexibility index (Phi) is 10.8. The number of carboxylic acids is 1. The van der Waals surface area contributed by atoms with Crippen LogP contribution in [0, 0.1) is 0 Å². The molecule has 0 saturated heterocycles. The Morgan fingerprint density at radius 3 is 2.42 bits per heavy atom. The maximum Gasteiger partial charge on any atom is 0.335 e. The van der Waals surface area contributed by atoms with Crippen LogP contribution >= 0.6 is 12.4 Å². The molecule has 0 heterocycles. The number of halogens is 1. The number of nitrogens with zero attached hydrogens (tertiary/aromatic N) is 1. The molecular weight excluding hydrogens is 380 g/mol.